The molecule has 0 saturated carbocycles. The molecule has 2 unspecified atom stereocenters. The van der Waals surface area contributed by atoms with Crippen molar-refractivity contribution in [1.29, 1.82) is 0 Å². The number of para-hydroxylation sites is 1. The molecule has 0 amide bonds. The molecule has 2 rings (SSSR count). The first-order valence-corrected chi connectivity index (χ1v) is 7.80. The molecule has 0 spiro atoms. The van der Waals surface area contributed by atoms with Gasteiger partial charge in [-0.25, -0.2) is 9.88 Å². The van der Waals surface area contributed by atoms with Crippen molar-refractivity contribution in [3.05, 3.63) is 29.8 Å². The highest BCUT2D eigenvalue weighted by atomic mass is 31.2. The molecule has 98 valence electrons. The summed E-state index contributed by atoms with van der Waals surface area (Å²) >= 11 is 0. The van der Waals surface area contributed by atoms with Crippen LogP contribution < -0.4 is 9.61 Å². The van der Waals surface area contributed by atoms with E-state index in [1.165, 1.54) is 6.66 Å². The highest BCUT2D eigenvalue weighted by Gasteiger charge is 2.37. The largest absolute Gasteiger partial charge is 0.462 e. The minimum Gasteiger partial charge on any atom is -0.462 e. The molecule has 0 saturated heterocycles. The molecular weight excluding hydrogens is 253 g/mol. The van der Waals surface area contributed by atoms with Crippen molar-refractivity contribution in [3.8, 4) is 5.75 Å². The minimum absolute atomic E-state index is 0.217. The Bertz CT molecular complexity index is 515. The first kappa shape index (κ1) is 13.1. The van der Waals surface area contributed by atoms with Crippen molar-refractivity contribution in [3.63, 3.8) is 0 Å². The number of nitrogens with one attached hydrogen (secondary N) is 1. The van der Waals surface area contributed by atoms with Gasteiger partial charge in [-0.15, -0.1) is 0 Å². The Labute approximate surface area is 106 Å². The maximum Gasteiger partial charge on any atom is 0.328 e. The second-order valence-corrected chi connectivity index (χ2v) is 6.66. The van der Waals surface area contributed by atoms with Crippen LogP contribution in [-0.4, -0.2) is 18.7 Å². The zero-order valence-electron chi connectivity index (χ0n) is 10.5. The number of hydrogen-bond donors (Lipinski definition) is 1. The van der Waals surface area contributed by atoms with Crippen LogP contribution in [0.4, 0.5) is 0 Å². The van der Waals surface area contributed by atoms with Gasteiger partial charge in [0.25, 0.3) is 0 Å². The van der Waals surface area contributed by atoms with E-state index in [1.807, 2.05) is 0 Å². The van der Waals surface area contributed by atoms with Crippen molar-refractivity contribution in [2.45, 2.75) is 26.0 Å². The number of rotatable bonds is 2. The lowest BCUT2D eigenvalue weighted by atomic mass is 10.1. The van der Waals surface area contributed by atoms with Crippen molar-refractivity contribution in [1.82, 2.24) is 5.09 Å². The van der Waals surface area contributed by atoms with Crippen LogP contribution in [0, 0.1) is 0 Å². The lowest BCUT2D eigenvalue weighted by Gasteiger charge is -2.30. The Morgan fingerprint density at radius 2 is 2.11 bits per heavy atom. The minimum atomic E-state index is -3.02. The van der Waals surface area contributed by atoms with E-state index in [0.29, 0.717) is 11.3 Å². The molecule has 6 heteroatoms. The summed E-state index contributed by atoms with van der Waals surface area (Å²) in [6.45, 7) is 4.99. The second kappa shape index (κ2) is 4.75. The quantitative estimate of drug-likeness (QED) is 0.660. The number of hydrogen-bond acceptors (Lipinski definition) is 4. The zero-order chi connectivity index (χ0) is 13.3. The van der Waals surface area contributed by atoms with Gasteiger partial charge in [-0.1, -0.05) is 18.2 Å². The molecule has 5 nitrogen and oxygen atoms in total. The van der Waals surface area contributed by atoms with E-state index in [4.69, 9.17) is 9.26 Å². The Morgan fingerprint density at radius 3 is 2.78 bits per heavy atom. The number of fused-ring (bicyclic) bond motifs is 1. The van der Waals surface area contributed by atoms with Crippen molar-refractivity contribution in [2.24, 2.45) is 0 Å². The van der Waals surface area contributed by atoms with E-state index in [-0.39, 0.29) is 6.10 Å². The lowest BCUT2D eigenvalue weighted by Crippen LogP contribution is -2.34. The monoisotopic (exact) mass is 269 g/mol. The Balaban J connectivity index is 2.36. The van der Waals surface area contributed by atoms with Crippen LogP contribution >= 0.6 is 7.52 Å². The molecule has 0 fully saturated rings. The summed E-state index contributed by atoms with van der Waals surface area (Å²) in [5.41, 5.74) is 0.650. The highest BCUT2D eigenvalue weighted by Crippen LogP contribution is 2.48. The van der Waals surface area contributed by atoms with Crippen LogP contribution in [0.5, 0.6) is 5.75 Å². The molecule has 1 N–H and O–H groups in total. The van der Waals surface area contributed by atoms with Crippen LogP contribution in [-0.2, 0) is 14.1 Å². The third-order valence-electron chi connectivity index (χ3n) is 2.45. The smallest absolute Gasteiger partial charge is 0.328 e. The summed E-state index contributed by atoms with van der Waals surface area (Å²) in [7, 11) is -3.02. The number of esters is 1. The molecule has 0 aromatic heterocycles. The fraction of sp³-hybridized carbons (Fsp3) is 0.417. The third kappa shape index (κ3) is 2.74. The Hall–Kier alpha value is -1.32. The van der Waals surface area contributed by atoms with Crippen molar-refractivity contribution < 1.29 is 18.6 Å². The van der Waals surface area contributed by atoms with Crippen LogP contribution in [0.25, 0.3) is 0 Å². The number of ether oxygens (including phenoxy) is 1. The summed E-state index contributed by atoms with van der Waals surface area (Å²) in [6, 6.07) is 6.28. The maximum atomic E-state index is 12.1. The average Bonchev–Trinajstić information content (AvgIpc) is 2.25. The topological polar surface area (TPSA) is 64.6 Å². The van der Waals surface area contributed by atoms with Gasteiger partial charge in [0.05, 0.1) is 6.10 Å². The normalized spacial score (nSPS) is 26.3. The molecule has 1 aliphatic rings. The SMILES string of the molecule is CC(C)OC(=O)C1NP(C)(=O)Oc2ccccc21. The molecular formula is C12H16NO4P. The van der Waals surface area contributed by atoms with E-state index in [2.05, 4.69) is 5.09 Å². The van der Waals surface area contributed by atoms with E-state index >= 15 is 0 Å². The molecule has 2 atom stereocenters. The molecule has 1 aliphatic heterocycles. The van der Waals surface area contributed by atoms with Gasteiger partial charge in [0.2, 0.25) is 0 Å². The van der Waals surface area contributed by atoms with Gasteiger partial charge in [-0.05, 0) is 19.9 Å². The fourth-order valence-corrected chi connectivity index (χ4v) is 3.11. The third-order valence-corrected chi connectivity index (χ3v) is 3.73. The molecule has 0 aliphatic carbocycles. The van der Waals surface area contributed by atoms with Gasteiger partial charge in [0.15, 0.2) is 0 Å². The summed E-state index contributed by atoms with van der Waals surface area (Å²) in [5, 5.41) is 2.71. The van der Waals surface area contributed by atoms with E-state index in [0.717, 1.165) is 0 Å². The van der Waals surface area contributed by atoms with Crippen molar-refractivity contribution >= 4 is 13.5 Å². The fourth-order valence-electron chi connectivity index (χ4n) is 1.80. The maximum absolute atomic E-state index is 12.1. The van der Waals surface area contributed by atoms with Gasteiger partial charge in [0.1, 0.15) is 11.8 Å². The summed E-state index contributed by atoms with van der Waals surface area (Å²) in [5.74, 6) is 0.0237. The van der Waals surface area contributed by atoms with Crippen LogP contribution in [0.3, 0.4) is 0 Å². The van der Waals surface area contributed by atoms with E-state index in [1.54, 1.807) is 38.1 Å². The lowest BCUT2D eigenvalue weighted by molar-refractivity contribution is -0.149. The molecule has 1 heterocycles. The van der Waals surface area contributed by atoms with Crippen LogP contribution in [0.1, 0.15) is 25.5 Å². The molecule has 18 heavy (non-hydrogen) atoms. The summed E-state index contributed by atoms with van der Waals surface area (Å²) in [4.78, 5) is 12.0. The number of carbonyl (C=O) groups is 1. The predicted octanol–water partition coefficient (Wildman–Crippen LogP) is 2.48. The van der Waals surface area contributed by atoms with Crippen molar-refractivity contribution in [2.75, 3.05) is 6.66 Å². The number of carbonyl (C=O) groups excluding carboxylic acids is 1. The average molecular weight is 269 g/mol. The molecule has 0 bridgehead atoms. The Kier molecular flexibility index (Phi) is 3.46. The van der Waals surface area contributed by atoms with E-state index < -0.39 is 19.5 Å². The standard InChI is InChI=1S/C12H16NO4P/c1-8(2)16-12(14)11-9-6-4-5-7-10(9)17-18(3,15)13-11/h4-8,11H,1-3H3,(H,13,15). The zero-order valence-corrected chi connectivity index (χ0v) is 11.4. The van der Waals surface area contributed by atoms with Gasteiger partial charge in [-0.3, -0.25) is 4.57 Å². The number of benzene rings is 1. The van der Waals surface area contributed by atoms with Gasteiger partial charge in [-0.2, -0.15) is 0 Å². The molecule has 1 aromatic carbocycles. The highest BCUT2D eigenvalue weighted by molar-refractivity contribution is 7.56. The van der Waals surface area contributed by atoms with Crippen LogP contribution in [0.2, 0.25) is 0 Å². The van der Waals surface area contributed by atoms with Gasteiger partial charge in [0, 0.05) is 12.2 Å². The molecule has 0 radical (unpaired) electrons. The van der Waals surface area contributed by atoms with Gasteiger partial charge >= 0.3 is 13.5 Å². The molecule has 1 aromatic rings. The van der Waals surface area contributed by atoms with Gasteiger partial charge < -0.3 is 9.26 Å². The first-order valence-electron chi connectivity index (χ1n) is 5.73. The Morgan fingerprint density at radius 1 is 1.44 bits per heavy atom. The second-order valence-electron chi connectivity index (χ2n) is 4.52. The van der Waals surface area contributed by atoms with Crippen LogP contribution in [0.15, 0.2) is 24.3 Å². The van der Waals surface area contributed by atoms with E-state index in [9.17, 15) is 9.36 Å². The summed E-state index contributed by atoms with van der Waals surface area (Å²) in [6.07, 6.45) is -0.217. The summed E-state index contributed by atoms with van der Waals surface area (Å²) < 4.78 is 22.6. The first-order chi connectivity index (χ1) is 8.39. The predicted molar refractivity (Wildman–Crippen MR) is 67.7 cm³/mol.